The van der Waals surface area contributed by atoms with Crippen molar-refractivity contribution in [2.75, 3.05) is 6.54 Å². The van der Waals surface area contributed by atoms with E-state index in [0.29, 0.717) is 0 Å². The Morgan fingerprint density at radius 3 is 2.54 bits per heavy atom. The summed E-state index contributed by atoms with van der Waals surface area (Å²) < 4.78 is 0. The predicted molar refractivity (Wildman–Crippen MR) is 57.4 cm³/mol. The first kappa shape index (κ1) is 10.1. The van der Waals surface area contributed by atoms with Gasteiger partial charge in [0.2, 0.25) is 0 Å². The number of para-hydroxylation sites is 1. The highest BCUT2D eigenvalue weighted by atomic mass is 14.9. The highest BCUT2D eigenvalue weighted by molar-refractivity contribution is 5.44. The van der Waals surface area contributed by atoms with Gasteiger partial charge in [-0.3, -0.25) is 5.32 Å². The first-order valence-electron chi connectivity index (χ1n) is 5.13. The fourth-order valence-corrected chi connectivity index (χ4v) is 1.38. The van der Waals surface area contributed by atoms with Crippen LogP contribution in [0.2, 0.25) is 0 Å². The van der Waals surface area contributed by atoms with Gasteiger partial charge in [0, 0.05) is 6.54 Å². The first-order valence-corrected chi connectivity index (χ1v) is 5.13. The molecule has 0 spiro atoms. The van der Waals surface area contributed by atoms with Gasteiger partial charge in [0.15, 0.2) is 0 Å². The lowest BCUT2D eigenvalue weighted by molar-refractivity contribution is 0.791. The Hall–Kier alpha value is -0.980. The van der Waals surface area contributed by atoms with E-state index in [2.05, 4.69) is 43.4 Å². The minimum absolute atomic E-state index is 0.945. The Balaban J connectivity index is 2.66. The summed E-state index contributed by atoms with van der Waals surface area (Å²) in [6, 6.07) is 8.45. The monoisotopic (exact) mass is 176 g/mol. The molecule has 71 valence electrons. The second kappa shape index (κ2) is 5.63. The van der Waals surface area contributed by atoms with Gasteiger partial charge in [-0.05, 0) is 24.5 Å². The summed E-state index contributed by atoms with van der Waals surface area (Å²) in [7, 11) is 0. The van der Waals surface area contributed by atoms with E-state index in [1.165, 1.54) is 17.7 Å². The van der Waals surface area contributed by atoms with E-state index in [9.17, 15) is 0 Å². The Morgan fingerprint density at radius 1 is 1.08 bits per heavy atom. The van der Waals surface area contributed by atoms with Crippen LogP contribution in [0, 0.1) is 0 Å². The zero-order valence-electron chi connectivity index (χ0n) is 8.59. The normalized spacial score (nSPS) is 10.0. The van der Waals surface area contributed by atoms with Gasteiger partial charge >= 0.3 is 0 Å². The standard InChI is InChI=1S/C12H18N/c1-3-7-11-8-5-6-9-12(11)13-10-4-2/h5-6,8-9H,3-4,7,10H2,1-2H3. The van der Waals surface area contributed by atoms with Gasteiger partial charge in [0.25, 0.3) is 0 Å². The molecule has 0 aliphatic heterocycles. The topological polar surface area (TPSA) is 14.1 Å². The number of hydrogen-bond acceptors (Lipinski definition) is 0. The van der Waals surface area contributed by atoms with Crippen LogP contribution in [0.5, 0.6) is 0 Å². The van der Waals surface area contributed by atoms with Crippen LogP contribution in [0.4, 0.5) is 5.69 Å². The molecule has 0 atom stereocenters. The van der Waals surface area contributed by atoms with Crippen molar-refractivity contribution in [1.82, 2.24) is 5.32 Å². The van der Waals surface area contributed by atoms with Crippen molar-refractivity contribution in [3.63, 3.8) is 0 Å². The number of aryl methyl sites for hydroxylation is 1. The second-order valence-corrected chi connectivity index (χ2v) is 3.26. The van der Waals surface area contributed by atoms with Crippen LogP contribution in [0.1, 0.15) is 32.3 Å². The van der Waals surface area contributed by atoms with Gasteiger partial charge in [0.1, 0.15) is 0 Å². The molecule has 0 heterocycles. The molecule has 0 aliphatic carbocycles. The molecule has 0 bridgehead atoms. The Bertz CT molecular complexity index is 243. The van der Waals surface area contributed by atoms with Crippen LogP contribution in [0.15, 0.2) is 24.3 Å². The van der Waals surface area contributed by atoms with E-state index in [1.54, 1.807) is 0 Å². The number of rotatable bonds is 5. The molecule has 0 amide bonds. The molecule has 0 fully saturated rings. The maximum absolute atomic E-state index is 4.54. The second-order valence-electron chi connectivity index (χ2n) is 3.26. The van der Waals surface area contributed by atoms with Crippen molar-refractivity contribution in [2.24, 2.45) is 0 Å². The summed E-state index contributed by atoms with van der Waals surface area (Å²) in [6.45, 7) is 5.31. The van der Waals surface area contributed by atoms with Crippen molar-refractivity contribution in [1.29, 1.82) is 0 Å². The van der Waals surface area contributed by atoms with Crippen LogP contribution in [0.25, 0.3) is 0 Å². The van der Waals surface area contributed by atoms with E-state index in [0.717, 1.165) is 19.4 Å². The lowest BCUT2D eigenvalue weighted by Crippen LogP contribution is -2.01. The summed E-state index contributed by atoms with van der Waals surface area (Å²) in [5.74, 6) is 0. The lowest BCUT2D eigenvalue weighted by Gasteiger charge is -2.07. The van der Waals surface area contributed by atoms with Gasteiger partial charge in [-0.15, -0.1) is 0 Å². The first-order chi connectivity index (χ1) is 6.38. The highest BCUT2D eigenvalue weighted by Gasteiger charge is 1.99. The van der Waals surface area contributed by atoms with E-state index in [1.807, 2.05) is 0 Å². The molecule has 1 aromatic carbocycles. The van der Waals surface area contributed by atoms with Crippen LogP contribution in [-0.4, -0.2) is 6.54 Å². The third kappa shape index (κ3) is 3.10. The maximum Gasteiger partial charge on any atom is 0.0606 e. The maximum atomic E-state index is 4.54. The predicted octanol–water partition coefficient (Wildman–Crippen LogP) is 3.29. The van der Waals surface area contributed by atoms with Crippen LogP contribution in [0.3, 0.4) is 0 Å². The van der Waals surface area contributed by atoms with Gasteiger partial charge in [-0.2, -0.15) is 0 Å². The van der Waals surface area contributed by atoms with Gasteiger partial charge in [-0.1, -0.05) is 38.5 Å². The third-order valence-corrected chi connectivity index (χ3v) is 2.02. The molecule has 0 saturated carbocycles. The number of benzene rings is 1. The SMILES string of the molecule is CCC[N]c1ccccc1CCC. The number of nitrogens with zero attached hydrogens (tertiary/aromatic N) is 1. The molecule has 0 aliphatic rings. The smallest absolute Gasteiger partial charge is 0.0606 e. The summed E-state index contributed by atoms with van der Waals surface area (Å²) in [6.07, 6.45) is 3.46. The van der Waals surface area contributed by atoms with Crippen molar-refractivity contribution in [3.05, 3.63) is 29.8 Å². The quantitative estimate of drug-likeness (QED) is 0.653. The molecular weight excluding hydrogens is 158 g/mol. The van der Waals surface area contributed by atoms with Gasteiger partial charge in [-0.25, -0.2) is 0 Å². The fourth-order valence-electron chi connectivity index (χ4n) is 1.38. The molecule has 0 unspecified atom stereocenters. The average Bonchev–Trinajstić information content (AvgIpc) is 2.17. The Kier molecular flexibility index (Phi) is 4.37. The number of hydrogen-bond donors (Lipinski definition) is 0. The molecule has 1 aromatic rings. The average molecular weight is 176 g/mol. The van der Waals surface area contributed by atoms with E-state index in [-0.39, 0.29) is 0 Å². The Labute approximate surface area is 81.2 Å². The summed E-state index contributed by atoms with van der Waals surface area (Å²) >= 11 is 0. The summed E-state index contributed by atoms with van der Waals surface area (Å²) in [5, 5.41) is 4.54. The van der Waals surface area contributed by atoms with Crippen LogP contribution in [-0.2, 0) is 6.42 Å². The minimum atomic E-state index is 0.945. The molecular formula is C12H18N. The fraction of sp³-hybridized carbons (Fsp3) is 0.500. The lowest BCUT2D eigenvalue weighted by atomic mass is 10.1. The van der Waals surface area contributed by atoms with Crippen molar-refractivity contribution >= 4 is 5.69 Å². The molecule has 13 heavy (non-hydrogen) atoms. The van der Waals surface area contributed by atoms with E-state index >= 15 is 0 Å². The van der Waals surface area contributed by atoms with Crippen molar-refractivity contribution in [2.45, 2.75) is 33.1 Å². The van der Waals surface area contributed by atoms with Gasteiger partial charge in [0.05, 0.1) is 5.69 Å². The zero-order valence-corrected chi connectivity index (χ0v) is 8.59. The largest absolute Gasteiger partial charge is 0.285 e. The van der Waals surface area contributed by atoms with Crippen molar-refractivity contribution in [3.8, 4) is 0 Å². The summed E-state index contributed by atoms with van der Waals surface area (Å²) in [4.78, 5) is 0. The Morgan fingerprint density at radius 2 is 1.85 bits per heavy atom. The molecule has 0 aromatic heterocycles. The molecule has 1 rings (SSSR count). The van der Waals surface area contributed by atoms with Crippen molar-refractivity contribution < 1.29 is 0 Å². The minimum Gasteiger partial charge on any atom is -0.285 e. The molecule has 0 N–H and O–H groups in total. The molecule has 1 radical (unpaired) electrons. The molecule has 1 nitrogen and oxygen atoms in total. The zero-order chi connectivity index (χ0) is 9.52. The third-order valence-electron chi connectivity index (χ3n) is 2.02. The summed E-state index contributed by atoms with van der Waals surface area (Å²) in [5.41, 5.74) is 2.57. The molecule has 1 heteroatoms. The van der Waals surface area contributed by atoms with E-state index < -0.39 is 0 Å². The highest BCUT2D eigenvalue weighted by Crippen LogP contribution is 2.16. The molecule has 0 saturated heterocycles. The van der Waals surface area contributed by atoms with Gasteiger partial charge < -0.3 is 0 Å². The van der Waals surface area contributed by atoms with Crippen LogP contribution >= 0.6 is 0 Å². The van der Waals surface area contributed by atoms with E-state index in [4.69, 9.17) is 0 Å². The van der Waals surface area contributed by atoms with Crippen LogP contribution < -0.4 is 5.32 Å².